The monoisotopic (exact) mass is 366 g/mol. The van der Waals surface area contributed by atoms with E-state index in [1.54, 1.807) is 0 Å². The van der Waals surface area contributed by atoms with Gasteiger partial charge in [0, 0.05) is 24.0 Å². The lowest BCUT2D eigenvalue weighted by Gasteiger charge is -2.12. The lowest BCUT2D eigenvalue weighted by Crippen LogP contribution is -2.30. The average molecular weight is 366 g/mol. The standard InChI is InChI=1S/C21H22N2O2S/c1-14-12-17(15(2)23(14)18-8-9-18)13-19-20(24)22(21(25)26-19)11-10-16-6-4-3-5-7-16/h3-7,12-13,18H,8-11H2,1-2H3/b19-13-. The van der Waals surface area contributed by atoms with Crippen LogP contribution in [0.5, 0.6) is 0 Å². The van der Waals surface area contributed by atoms with E-state index >= 15 is 0 Å². The lowest BCUT2D eigenvalue weighted by atomic mass is 10.1. The van der Waals surface area contributed by atoms with Crippen molar-refractivity contribution in [1.82, 2.24) is 9.47 Å². The molecule has 134 valence electrons. The molecule has 0 unspecified atom stereocenters. The summed E-state index contributed by atoms with van der Waals surface area (Å²) in [5, 5.41) is -0.173. The first-order chi connectivity index (χ1) is 12.5. The Hall–Kier alpha value is -2.27. The second kappa shape index (κ2) is 6.80. The van der Waals surface area contributed by atoms with Crippen LogP contribution in [0.25, 0.3) is 6.08 Å². The number of hydrogen-bond acceptors (Lipinski definition) is 3. The number of amides is 2. The number of benzene rings is 1. The highest BCUT2D eigenvalue weighted by atomic mass is 32.2. The van der Waals surface area contributed by atoms with Gasteiger partial charge < -0.3 is 4.57 Å². The van der Waals surface area contributed by atoms with E-state index in [9.17, 15) is 9.59 Å². The summed E-state index contributed by atoms with van der Waals surface area (Å²) in [6, 6.07) is 12.7. The molecule has 1 aliphatic heterocycles. The number of aromatic nitrogens is 1. The minimum atomic E-state index is -0.174. The molecule has 1 aromatic carbocycles. The molecule has 1 aromatic heterocycles. The SMILES string of the molecule is Cc1cc(/C=C2\SC(=O)N(CCc3ccccc3)C2=O)c(C)n1C1CC1. The van der Waals surface area contributed by atoms with Gasteiger partial charge in [0.2, 0.25) is 0 Å². The number of imide groups is 1. The van der Waals surface area contributed by atoms with Crippen LogP contribution in [0.15, 0.2) is 41.3 Å². The highest BCUT2D eigenvalue weighted by Gasteiger charge is 2.35. The Bertz CT molecular complexity index is 894. The summed E-state index contributed by atoms with van der Waals surface area (Å²) < 4.78 is 2.35. The number of thioether (sulfide) groups is 1. The molecule has 0 atom stereocenters. The Morgan fingerprint density at radius 2 is 1.88 bits per heavy atom. The smallest absolute Gasteiger partial charge is 0.293 e. The van der Waals surface area contributed by atoms with E-state index in [2.05, 4.69) is 24.5 Å². The lowest BCUT2D eigenvalue weighted by molar-refractivity contribution is -0.122. The molecule has 4 rings (SSSR count). The fraction of sp³-hybridized carbons (Fsp3) is 0.333. The number of carbonyl (C=O) groups excluding carboxylic acids is 2. The molecular formula is C21H22N2O2S. The van der Waals surface area contributed by atoms with E-state index in [0.717, 1.165) is 22.9 Å². The number of carbonyl (C=O) groups is 2. The third-order valence-electron chi connectivity index (χ3n) is 5.06. The summed E-state index contributed by atoms with van der Waals surface area (Å²) in [6.45, 7) is 4.62. The molecule has 2 amide bonds. The first kappa shape index (κ1) is 17.2. The second-order valence-electron chi connectivity index (χ2n) is 7.00. The quantitative estimate of drug-likeness (QED) is 0.719. The predicted octanol–water partition coefficient (Wildman–Crippen LogP) is 4.72. The fourth-order valence-corrected chi connectivity index (χ4v) is 4.42. The van der Waals surface area contributed by atoms with Crippen LogP contribution in [0.4, 0.5) is 4.79 Å². The van der Waals surface area contributed by atoms with Crippen LogP contribution in [0.3, 0.4) is 0 Å². The van der Waals surface area contributed by atoms with Gasteiger partial charge in [-0.1, -0.05) is 30.3 Å². The van der Waals surface area contributed by atoms with Gasteiger partial charge in [0.1, 0.15) is 0 Å². The molecule has 2 aliphatic rings. The molecule has 0 N–H and O–H groups in total. The summed E-state index contributed by atoms with van der Waals surface area (Å²) in [5.41, 5.74) is 4.58. The highest BCUT2D eigenvalue weighted by molar-refractivity contribution is 8.18. The number of rotatable bonds is 5. The maximum atomic E-state index is 12.7. The van der Waals surface area contributed by atoms with Crippen LogP contribution in [-0.4, -0.2) is 27.2 Å². The van der Waals surface area contributed by atoms with E-state index in [0.29, 0.717) is 23.9 Å². The molecular weight excluding hydrogens is 344 g/mol. The van der Waals surface area contributed by atoms with E-state index in [4.69, 9.17) is 0 Å². The van der Waals surface area contributed by atoms with Gasteiger partial charge >= 0.3 is 0 Å². The fourth-order valence-electron chi connectivity index (χ4n) is 3.56. The van der Waals surface area contributed by atoms with Gasteiger partial charge in [-0.3, -0.25) is 14.5 Å². The Morgan fingerprint density at radius 1 is 1.15 bits per heavy atom. The van der Waals surface area contributed by atoms with Crippen LogP contribution in [0, 0.1) is 13.8 Å². The van der Waals surface area contributed by atoms with Gasteiger partial charge in [-0.15, -0.1) is 0 Å². The van der Waals surface area contributed by atoms with Crippen molar-refractivity contribution in [3.63, 3.8) is 0 Å². The third-order valence-corrected chi connectivity index (χ3v) is 5.97. The predicted molar refractivity (Wildman–Crippen MR) is 105 cm³/mol. The number of aryl methyl sites for hydroxylation is 1. The minimum absolute atomic E-state index is 0.173. The molecule has 2 heterocycles. The highest BCUT2D eigenvalue weighted by Crippen LogP contribution is 2.39. The summed E-state index contributed by atoms with van der Waals surface area (Å²) in [5.74, 6) is -0.174. The zero-order chi connectivity index (χ0) is 18.3. The Labute approximate surface area is 157 Å². The molecule has 0 spiro atoms. The first-order valence-electron chi connectivity index (χ1n) is 9.02. The van der Waals surface area contributed by atoms with E-state index in [1.165, 1.54) is 29.1 Å². The number of hydrogen-bond donors (Lipinski definition) is 0. The van der Waals surface area contributed by atoms with E-state index in [-0.39, 0.29) is 11.1 Å². The zero-order valence-corrected chi connectivity index (χ0v) is 15.9. The third kappa shape index (κ3) is 3.23. The van der Waals surface area contributed by atoms with Crippen molar-refractivity contribution < 1.29 is 9.59 Å². The Kier molecular flexibility index (Phi) is 4.49. The van der Waals surface area contributed by atoms with E-state index < -0.39 is 0 Å². The van der Waals surface area contributed by atoms with Gasteiger partial charge in [-0.2, -0.15) is 0 Å². The second-order valence-corrected chi connectivity index (χ2v) is 7.99. The van der Waals surface area contributed by atoms with Crippen LogP contribution in [0.1, 0.15) is 41.4 Å². The molecule has 0 bridgehead atoms. The van der Waals surface area contributed by atoms with Gasteiger partial charge in [0.15, 0.2) is 0 Å². The largest absolute Gasteiger partial charge is 0.346 e. The zero-order valence-electron chi connectivity index (χ0n) is 15.1. The molecule has 1 aliphatic carbocycles. The summed E-state index contributed by atoms with van der Waals surface area (Å²) in [7, 11) is 0. The maximum absolute atomic E-state index is 12.7. The van der Waals surface area contributed by atoms with Gasteiger partial charge in [0.05, 0.1) is 4.91 Å². The molecule has 4 nitrogen and oxygen atoms in total. The van der Waals surface area contributed by atoms with Gasteiger partial charge in [0.25, 0.3) is 11.1 Å². The number of nitrogens with zero attached hydrogens (tertiary/aromatic N) is 2. The minimum Gasteiger partial charge on any atom is -0.346 e. The molecule has 26 heavy (non-hydrogen) atoms. The van der Waals surface area contributed by atoms with Crippen molar-refractivity contribution in [2.45, 2.75) is 39.2 Å². The van der Waals surface area contributed by atoms with Gasteiger partial charge in [-0.25, -0.2) is 0 Å². The van der Waals surface area contributed by atoms with Gasteiger partial charge in [-0.05, 0) is 68.1 Å². The maximum Gasteiger partial charge on any atom is 0.293 e. The van der Waals surface area contributed by atoms with Crippen molar-refractivity contribution in [1.29, 1.82) is 0 Å². The first-order valence-corrected chi connectivity index (χ1v) is 9.84. The molecule has 2 aromatic rings. The van der Waals surface area contributed by atoms with Crippen LogP contribution >= 0.6 is 11.8 Å². The van der Waals surface area contributed by atoms with E-state index in [1.807, 2.05) is 36.4 Å². The van der Waals surface area contributed by atoms with Crippen LogP contribution in [-0.2, 0) is 11.2 Å². The van der Waals surface area contributed by atoms with Crippen molar-refractivity contribution in [2.24, 2.45) is 0 Å². The Balaban J connectivity index is 1.51. The molecule has 0 radical (unpaired) electrons. The summed E-state index contributed by atoms with van der Waals surface area (Å²) in [4.78, 5) is 26.9. The molecule has 5 heteroatoms. The van der Waals surface area contributed by atoms with Crippen molar-refractivity contribution in [2.75, 3.05) is 6.54 Å². The topological polar surface area (TPSA) is 42.3 Å². The summed E-state index contributed by atoms with van der Waals surface area (Å²) in [6.07, 6.45) is 5.02. The average Bonchev–Trinajstić information content (AvgIpc) is 3.36. The normalized spacial score (nSPS) is 19.0. The van der Waals surface area contributed by atoms with Crippen molar-refractivity contribution >= 4 is 29.0 Å². The Morgan fingerprint density at radius 3 is 2.58 bits per heavy atom. The molecule has 1 saturated heterocycles. The summed E-state index contributed by atoms with van der Waals surface area (Å²) >= 11 is 1.05. The van der Waals surface area contributed by atoms with Crippen LogP contribution in [0.2, 0.25) is 0 Å². The van der Waals surface area contributed by atoms with Crippen molar-refractivity contribution in [3.8, 4) is 0 Å². The van der Waals surface area contributed by atoms with Crippen LogP contribution < -0.4 is 0 Å². The van der Waals surface area contributed by atoms with Crippen molar-refractivity contribution in [3.05, 3.63) is 63.8 Å². The molecule has 2 fully saturated rings. The molecule has 1 saturated carbocycles.